The summed E-state index contributed by atoms with van der Waals surface area (Å²) in [5, 5.41) is 20.4. The molecular formula is C23H25FN6O3. The van der Waals surface area contributed by atoms with Crippen molar-refractivity contribution in [3.8, 4) is 0 Å². The first-order valence-electron chi connectivity index (χ1n) is 10.6. The van der Waals surface area contributed by atoms with Crippen LogP contribution in [0.2, 0.25) is 0 Å². The number of hydrogen-bond donors (Lipinski definition) is 2. The van der Waals surface area contributed by atoms with E-state index in [0.717, 1.165) is 11.4 Å². The second-order valence-corrected chi connectivity index (χ2v) is 8.27. The zero-order valence-electron chi connectivity index (χ0n) is 18.3. The molecular weight excluding hydrogens is 427 g/mol. The summed E-state index contributed by atoms with van der Waals surface area (Å²) in [5.41, 5.74) is 1.90. The number of pyridine rings is 1. The van der Waals surface area contributed by atoms with Crippen molar-refractivity contribution in [3.63, 3.8) is 0 Å². The molecule has 2 amide bonds. The Morgan fingerprint density at radius 2 is 2.09 bits per heavy atom. The van der Waals surface area contributed by atoms with Gasteiger partial charge in [-0.25, -0.2) is 4.39 Å². The summed E-state index contributed by atoms with van der Waals surface area (Å²) in [4.78, 5) is 30.7. The molecule has 33 heavy (non-hydrogen) atoms. The first kappa shape index (κ1) is 22.5. The van der Waals surface area contributed by atoms with Gasteiger partial charge in [0.1, 0.15) is 30.1 Å². The molecule has 1 aromatic carbocycles. The van der Waals surface area contributed by atoms with Gasteiger partial charge in [0.05, 0.1) is 6.54 Å². The predicted molar refractivity (Wildman–Crippen MR) is 119 cm³/mol. The second kappa shape index (κ2) is 9.45. The highest BCUT2D eigenvalue weighted by atomic mass is 19.1. The maximum atomic E-state index is 13.6. The number of aryl methyl sites for hydroxylation is 1. The van der Waals surface area contributed by atoms with Crippen LogP contribution in [0, 0.1) is 0 Å². The number of β-amino-alcohol motifs (C(OH)–C–C–N with tert-alkyl or cyclic N) is 1. The molecule has 1 fully saturated rings. The molecule has 3 heterocycles. The molecule has 0 saturated carbocycles. The van der Waals surface area contributed by atoms with E-state index >= 15 is 0 Å². The van der Waals surface area contributed by atoms with E-state index < -0.39 is 24.1 Å². The fraction of sp³-hybridized carbons (Fsp3) is 0.348. The first-order valence-corrected chi connectivity index (χ1v) is 10.6. The van der Waals surface area contributed by atoms with Crippen molar-refractivity contribution >= 4 is 17.5 Å². The topological polar surface area (TPSA) is 113 Å². The number of nitrogens with one attached hydrogen (secondary N) is 1. The lowest BCUT2D eigenvalue weighted by Crippen LogP contribution is -2.30. The van der Waals surface area contributed by atoms with Crippen LogP contribution in [-0.2, 0) is 13.5 Å². The van der Waals surface area contributed by atoms with Crippen LogP contribution in [0.15, 0.2) is 48.9 Å². The molecule has 1 aliphatic rings. The number of carbonyl (C=O) groups excluding carboxylic acids is 2. The molecule has 0 bridgehead atoms. The van der Waals surface area contributed by atoms with Crippen LogP contribution in [0.4, 0.5) is 10.1 Å². The minimum absolute atomic E-state index is 0.0648. The van der Waals surface area contributed by atoms with Crippen LogP contribution in [0.3, 0.4) is 0 Å². The second-order valence-electron chi connectivity index (χ2n) is 8.27. The molecule has 0 unspecified atom stereocenters. The molecule has 0 aliphatic carbocycles. The number of rotatable bonds is 6. The first-order chi connectivity index (χ1) is 15.8. The van der Waals surface area contributed by atoms with E-state index in [1.807, 2.05) is 29.8 Å². The normalized spacial score (nSPS) is 18.8. The van der Waals surface area contributed by atoms with Gasteiger partial charge in [0.2, 0.25) is 0 Å². The van der Waals surface area contributed by atoms with E-state index in [9.17, 15) is 19.1 Å². The van der Waals surface area contributed by atoms with Crippen molar-refractivity contribution in [3.05, 3.63) is 71.6 Å². The highest BCUT2D eigenvalue weighted by Crippen LogP contribution is 2.23. The minimum Gasteiger partial charge on any atom is -0.388 e. The Labute approximate surface area is 190 Å². The standard InChI is InChI=1S/C23H25FN6O3/c1-14(8-21-28-26-13-29(21)2)15-4-3-5-17(9-15)27-22(32)19-10-16(6-7-25-19)23(33)30-11-18(24)20(31)12-30/h3-7,9-10,13-14,18,20,31H,8,11-12H2,1-2H3,(H,27,32)/t14-,18-,20-/m1/s1. The van der Waals surface area contributed by atoms with Gasteiger partial charge in [-0.2, -0.15) is 0 Å². The number of halogens is 1. The van der Waals surface area contributed by atoms with Gasteiger partial charge in [0.15, 0.2) is 0 Å². The summed E-state index contributed by atoms with van der Waals surface area (Å²) in [5.74, 6) is 0.101. The van der Waals surface area contributed by atoms with Gasteiger partial charge in [-0.1, -0.05) is 19.1 Å². The van der Waals surface area contributed by atoms with Gasteiger partial charge < -0.3 is 19.9 Å². The fourth-order valence-corrected chi connectivity index (χ4v) is 3.78. The lowest BCUT2D eigenvalue weighted by Gasteiger charge is -2.15. The Balaban J connectivity index is 1.44. The van der Waals surface area contributed by atoms with Crippen molar-refractivity contribution in [1.29, 1.82) is 0 Å². The van der Waals surface area contributed by atoms with E-state index in [1.54, 1.807) is 12.4 Å². The monoisotopic (exact) mass is 452 g/mol. The third-order valence-corrected chi connectivity index (χ3v) is 5.75. The summed E-state index contributed by atoms with van der Waals surface area (Å²) in [6.45, 7) is 1.82. The van der Waals surface area contributed by atoms with E-state index in [1.165, 1.54) is 23.2 Å². The van der Waals surface area contributed by atoms with E-state index in [0.29, 0.717) is 12.1 Å². The number of alkyl halides is 1. The smallest absolute Gasteiger partial charge is 0.274 e. The third kappa shape index (κ3) is 5.06. The Morgan fingerprint density at radius 3 is 2.79 bits per heavy atom. The molecule has 4 rings (SSSR count). The van der Waals surface area contributed by atoms with Crippen molar-refractivity contribution in [2.75, 3.05) is 18.4 Å². The molecule has 9 nitrogen and oxygen atoms in total. The zero-order chi connectivity index (χ0) is 23.5. The fourth-order valence-electron chi connectivity index (χ4n) is 3.78. The highest BCUT2D eigenvalue weighted by molar-refractivity contribution is 6.04. The number of benzene rings is 1. The van der Waals surface area contributed by atoms with Crippen molar-refractivity contribution < 1.29 is 19.1 Å². The quantitative estimate of drug-likeness (QED) is 0.591. The minimum atomic E-state index is -1.47. The molecule has 2 aromatic heterocycles. The number of aliphatic hydroxyl groups excluding tert-OH is 1. The number of likely N-dealkylation sites (tertiary alicyclic amines) is 1. The average Bonchev–Trinajstić information content (AvgIpc) is 3.37. The molecule has 1 aliphatic heterocycles. The van der Waals surface area contributed by atoms with Crippen molar-refractivity contribution in [2.45, 2.75) is 31.5 Å². The molecule has 1 saturated heterocycles. The SMILES string of the molecule is C[C@H](Cc1nncn1C)c1cccc(NC(=O)c2cc(C(=O)N3C[C@@H](O)[C@H](F)C3)ccn2)c1. The third-order valence-electron chi connectivity index (χ3n) is 5.75. The number of nitrogens with zero attached hydrogens (tertiary/aromatic N) is 5. The van der Waals surface area contributed by atoms with Crippen LogP contribution in [0.25, 0.3) is 0 Å². The van der Waals surface area contributed by atoms with E-state index in [-0.39, 0.29) is 30.3 Å². The van der Waals surface area contributed by atoms with Gasteiger partial charge in [-0.15, -0.1) is 10.2 Å². The Kier molecular flexibility index (Phi) is 6.45. The molecule has 0 spiro atoms. The zero-order valence-corrected chi connectivity index (χ0v) is 18.3. The summed E-state index contributed by atoms with van der Waals surface area (Å²) in [7, 11) is 1.90. The molecule has 10 heteroatoms. The largest absolute Gasteiger partial charge is 0.388 e. The maximum absolute atomic E-state index is 13.6. The van der Waals surface area contributed by atoms with Gasteiger partial charge in [-0.05, 0) is 35.7 Å². The number of aromatic nitrogens is 4. The predicted octanol–water partition coefficient (Wildman–Crippen LogP) is 1.96. The van der Waals surface area contributed by atoms with Crippen LogP contribution in [0.5, 0.6) is 0 Å². The van der Waals surface area contributed by atoms with Gasteiger partial charge in [0, 0.05) is 37.5 Å². The van der Waals surface area contributed by atoms with Crippen LogP contribution in [-0.4, -0.2) is 66.9 Å². The summed E-state index contributed by atoms with van der Waals surface area (Å²) in [6.07, 6.45) is 1.06. The molecule has 3 aromatic rings. The van der Waals surface area contributed by atoms with Gasteiger partial charge in [-0.3, -0.25) is 14.6 Å². The number of carbonyl (C=O) groups is 2. The highest BCUT2D eigenvalue weighted by Gasteiger charge is 2.34. The summed E-state index contributed by atoms with van der Waals surface area (Å²) >= 11 is 0. The number of aliphatic hydroxyl groups is 1. The Hall–Kier alpha value is -3.66. The number of hydrogen-bond acceptors (Lipinski definition) is 6. The lowest BCUT2D eigenvalue weighted by atomic mass is 9.97. The number of amides is 2. The van der Waals surface area contributed by atoms with Crippen molar-refractivity contribution in [2.24, 2.45) is 7.05 Å². The Bertz CT molecular complexity index is 1160. The van der Waals surface area contributed by atoms with E-state index in [2.05, 4.69) is 27.4 Å². The molecule has 3 atom stereocenters. The van der Waals surface area contributed by atoms with Crippen LogP contribution >= 0.6 is 0 Å². The maximum Gasteiger partial charge on any atom is 0.274 e. The number of anilines is 1. The summed E-state index contributed by atoms with van der Waals surface area (Å²) in [6, 6.07) is 10.3. The molecule has 2 N–H and O–H groups in total. The lowest BCUT2D eigenvalue weighted by molar-refractivity contribution is 0.0764. The average molecular weight is 452 g/mol. The molecule has 172 valence electrons. The van der Waals surface area contributed by atoms with Gasteiger partial charge in [0.25, 0.3) is 11.8 Å². The summed E-state index contributed by atoms with van der Waals surface area (Å²) < 4.78 is 15.5. The van der Waals surface area contributed by atoms with E-state index in [4.69, 9.17) is 0 Å². The van der Waals surface area contributed by atoms with Crippen LogP contribution < -0.4 is 5.32 Å². The van der Waals surface area contributed by atoms with Crippen molar-refractivity contribution in [1.82, 2.24) is 24.6 Å². The molecule has 0 radical (unpaired) electrons. The van der Waals surface area contributed by atoms with Gasteiger partial charge >= 0.3 is 0 Å². The Morgan fingerprint density at radius 1 is 1.27 bits per heavy atom. The van der Waals surface area contributed by atoms with Crippen LogP contribution in [0.1, 0.15) is 45.1 Å².